The number of rotatable bonds is 7. The number of ether oxygens (including phenoxy) is 1. The van der Waals surface area contributed by atoms with Crippen LogP contribution in [0.3, 0.4) is 0 Å². The summed E-state index contributed by atoms with van der Waals surface area (Å²) in [5.41, 5.74) is 3.48. The standard InChI is InChI=1S/C21H21N5O2/c1-28-11-10-25-9-8-17-4-5-18(12-20(17)25)21(27)24-19-6-2-16(3-7-19)13-26-15-22-14-23-26/h2-9,12,14-15H,10-11,13H2,1H3,(H,24,27). The number of amides is 1. The Kier molecular flexibility index (Phi) is 5.16. The minimum atomic E-state index is -0.134. The first kappa shape index (κ1) is 17.9. The number of carbonyl (C=O) groups is 1. The quantitative estimate of drug-likeness (QED) is 0.538. The molecule has 2 aromatic heterocycles. The highest BCUT2D eigenvalue weighted by Gasteiger charge is 2.09. The van der Waals surface area contributed by atoms with Crippen LogP contribution in [0.1, 0.15) is 15.9 Å². The molecule has 0 spiro atoms. The van der Waals surface area contributed by atoms with Crippen LogP contribution in [0.2, 0.25) is 0 Å². The Bertz CT molecular complexity index is 1070. The molecule has 0 unspecified atom stereocenters. The minimum absolute atomic E-state index is 0.134. The first-order valence-corrected chi connectivity index (χ1v) is 9.03. The van der Waals surface area contributed by atoms with Gasteiger partial charge in [0.25, 0.3) is 5.91 Å². The number of aromatic nitrogens is 4. The largest absolute Gasteiger partial charge is 0.383 e. The molecule has 0 fully saturated rings. The van der Waals surface area contributed by atoms with E-state index in [1.807, 2.05) is 54.7 Å². The zero-order valence-electron chi connectivity index (χ0n) is 15.6. The number of methoxy groups -OCH3 is 1. The van der Waals surface area contributed by atoms with E-state index in [9.17, 15) is 4.79 Å². The number of carbonyl (C=O) groups excluding carboxylic acids is 1. The molecule has 0 aliphatic heterocycles. The number of anilines is 1. The Hall–Kier alpha value is -3.45. The maximum absolute atomic E-state index is 12.7. The Morgan fingerprint density at radius 2 is 2.00 bits per heavy atom. The third-order valence-electron chi connectivity index (χ3n) is 4.60. The van der Waals surface area contributed by atoms with Crippen LogP contribution in [0.5, 0.6) is 0 Å². The Morgan fingerprint density at radius 3 is 2.75 bits per heavy atom. The van der Waals surface area contributed by atoms with Crippen LogP contribution in [0.25, 0.3) is 10.9 Å². The molecule has 1 amide bonds. The highest BCUT2D eigenvalue weighted by molar-refractivity contribution is 6.06. The van der Waals surface area contributed by atoms with Crippen LogP contribution in [-0.2, 0) is 17.8 Å². The van der Waals surface area contributed by atoms with Crippen molar-refractivity contribution in [2.75, 3.05) is 19.0 Å². The average Bonchev–Trinajstić information content (AvgIpc) is 3.37. The van der Waals surface area contributed by atoms with Gasteiger partial charge in [-0.15, -0.1) is 0 Å². The first-order chi connectivity index (χ1) is 13.7. The molecule has 0 radical (unpaired) electrons. The van der Waals surface area contributed by atoms with E-state index in [-0.39, 0.29) is 5.91 Å². The first-order valence-electron chi connectivity index (χ1n) is 9.03. The number of hydrogen-bond acceptors (Lipinski definition) is 4. The smallest absolute Gasteiger partial charge is 0.255 e. The highest BCUT2D eigenvalue weighted by atomic mass is 16.5. The van der Waals surface area contributed by atoms with E-state index in [0.29, 0.717) is 18.7 Å². The summed E-state index contributed by atoms with van der Waals surface area (Å²) in [7, 11) is 1.68. The van der Waals surface area contributed by atoms with Crippen LogP contribution in [-0.4, -0.2) is 39.0 Å². The van der Waals surface area contributed by atoms with Crippen LogP contribution < -0.4 is 5.32 Å². The van der Waals surface area contributed by atoms with E-state index >= 15 is 0 Å². The number of benzene rings is 2. The third-order valence-corrected chi connectivity index (χ3v) is 4.60. The molecule has 28 heavy (non-hydrogen) atoms. The van der Waals surface area contributed by atoms with Crippen molar-refractivity contribution < 1.29 is 9.53 Å². The second-order valence-corrected chi connectivity index (χ2v) is 6.52. The molecule has 0 aliphatic rings. The molecule has 4 aromatic rings. The Labute approximate surface area is 162 Å². The molecule has 2 aromatic carbocycles. The van der Waals surface area contributed by atoms with Crippen molar-refractivity contribution in [1.29, 1.82) is 0 Å². The molecule has 4 rings (SSSR count). The van der Waals surface area contributed by atoms with Gasteiger partial charge in [0.05, 0.1) is 13.2 Å². The minimum Gasteiger partial charge on any atom is -0.383 e. The molecule has 7 nitrogen and oxygen atoms in total. The number of nitrogens with zero attached hydrogens (tertiary/aromatic N) is 4. The maximum atomic E-state index is 12.7. The van der Waals surface area contributed by atoms with Gasteiger partial charge in [-0.25, -0.2) is 9.67 Å². The van der Waals surface area contributed by atoms with E-state index in [2.05, 4.69) is 20.0 Å². The van der Waals surface area contributed by atoms with E-state index in [1.54, 1.807) is 18.1 Å². The predicted octanol–water partition coefficient (Wildman–Crippen LogP) is 3.18. The summed E-state index contributed by atoms with van der Waals surface area (Å²) in [5, 5.41) is 8.15. The highest BCUT2D eigenvalue weighted by Crippen LogP contribution is 2.19. The average molecular weight is 375 g/mol. The fraction of sp³-hybridized carbons (Fsp3) is 0.190. The van der Waals surface area contributed by atoms with Crippen molar-refractivity contribution in [3.63, 3.8) is 0 Å². The fourth-order valence-corrected chi connectivity index (χ4v) is 3.11. The monoisotopic (exact) mass is 375 g/mol. The Balaban J connectivity index is 1.47. The maximum Gasteiger partial charge on any atom is 0.255 e. The van der Waals surface area contributed by atoms with Crippen molar-refractivity contribution in [3.05, 3.63) is 78.5 Å². The zero-order valence-corrected chi connectivity index (χ0v) is 15.6. The fourth-order valence-electron chi connectivity index (χ4n) is 3.11. The second-order valence-electron chi connectivity index (χ2n) is 6.52. The molecule has 142 valence electrons. The zero-order chi connectivity index (χ0) is 19.3. The summed E-state index contributed by atoms with van der Waals surface area (Å²) in [4.78, 5) is 16.6. The van der Waals surface area contributed by atoms with Gasteiger partial charge in [0.2, 0.25) is 0 Å². The molecule has 0 atom stereocenters. The van der Waals surface area contributed by atoms with Gasteiger partial charge in [-0.3, -0.25) is 4.79 Å². The lowest BCUT2D eigenvalue weighted by molar-refractivity contribution is 0.102. The lowest BCUT2D eigenvalue weighted by atomic mass is 10.1. The van der Waals surface area contributed by atoms with Crippen molar-refractivity contribution in [2.24, 2.45) is 0 Å². The SMILES string of the molecule is COCCn1ccc2ccc(C(=O)Nc3ccc(Cn4cncn4)cc3)cc21. The van der Waals surface area contributed by atoms with Gasteiger partial charge in [-0.05, 0) is 41.3 Å². The summed E-state index contributed by atoms with van der Waals surface area (Å²) in [6.45, 7) is 2.02. The predicted molar refractivity (Wildman–Crippen MR) is 107 cm³/mol. The molecule has 0 saturated heterocycles. The molecular formula is C21H21N5O2. The van der Waals surface area contributed by atoms with Gasteiger partial charge in [-0.1, -0.05) is 18.2 Å². The summed E-state index contributed by atoms with van der Waals surface area (Å²) in [6.07, 6.45) is 5.20. The van der Waals surface area contributed by atoms with Gasteiger partial charge in [0, 0.05) is 36.6 Å². The van der Waals surface area contributed by atoms with Crippen molar-refractivity contribution >= 4 is 22.5 Å². The third kappa shape index (κ3) is 3.94. The van der Waals surface area contributed by atoms with Crippen LogP contribution in [0.15, 0.2) is 67.4 Å². The molecular weight excluding hydrogens is 354 g/mol. The summed E-state index contributed by atoms with van der Waals surface area (Å²) < 4.78 is 9.00. The van der Waals surface area contributed by atoms with Gasteiger partial charge in [-0.2, -0.15) is 5.10 Å². The lowest BCUT2D eigenvalue weighted by Crippen LogP contribution is -2.12. The summed E-state index contributed by atoms with van der Waals surface area (Å²) >= 11 is 0. The van der Waals surface area contributed by atoms with Crippen LogP contribution >= 0.6 is 0 Å². The molecule has 2 heterocycles. The topological polar surface area (TPSA) is 74.0 Å². The molecule has 0 aliphatic carbocycles. The second kappa shape index (κ2) is 8.06. The molecule has 0 bridgehead atoms. The van der Waals surface area contributed by atoms with Gasteiger partial charge in [0.15, 0.2) is 0 Å². The molecule has 7 heteroatoms. The number of hydrogen-bond donors (Lipinski definition) is 1. The van der Waals surface area contributed by atoms with E-state index in [4.69, 9.17) is 4.74 Å². The van der Waals surface area contributed by atoms with Crippen molar-refractivity contribution in [1.82, 2.24) is 19.3 Å². The normalized spacial score (nSPS) is 11.0. The van der Waals surface area contributed by atoms with E-state index < -0.39 is 0 Å². The molecule has 1 N–H and O–H groups in total. The van der Waals surface area contributed by atoms with Gasteiger partial charge < -0.3 is 14.6 Å². The van der Waals surface area contributed by atoms with Gasteiger partial charge in [0.1, 0.15) is 12.7 Å². The summed E-state index contributed by atoms with van der Waals surface area (Å²) in [6, 6.07) is 15.5. The van der Waals surface area contributed by atoms with E-state index in [1.165, 1.54) is 6.33 Å². The van der Waals surface area contributed by atoms with Crippen LogP contribution in [0.4, 0.5) is 5.69 Å². The van der Waals surface area contributed by atoms with Crippen LogP contribution in [0, 0.1) is 0 Å². The Morgan fingerprint density at radius 1 is 1.14 bits per heavy atom. The number of nitrogens with one attached hydrogen (secondary N) is 1. The van der Waals surface area contributed by atoms with Crippen molar-refractivity contribution in [2.45, 2.75) is 13.1 Å². The van der Waals surface area contributed by atoms with Crippen molar-refractivity contribution in [3.8, 4) is 0 Å². The summed E-state index contributed by atoms with van der Waals surface area (Å²) in [5.74, 6) is -0.134. The lowest BCUT2D eigenvalue weighted by Gasteiger charge is -2.09. The number of fused-ring (bicyclic) bond motifs is 1. The van der Waals surface area contributed by atoms with Gasteiger partial charge >= 0.3 is 0 Å². The molecule has 0 saturated carbocycles. The van der Waals surface area contributed by atoms with E-state index in [0.717, 1.165) is 28.7 Å².